The predicted molar refractivity (Wildman–Crippen MR) is 136 cm³/mol. The van der Waals surface area contributed by atoms with Gasteiger partial charge in [-0.3, -0.25) is 9.59 Å². The molecule has 0 aliphatic heterocycles. The fourth-order valence-corrected chi connectivity index (χ4v) is 3.76. The van der Waals surface area contributed by atoms with Gasteiger partial charge in [-0.2, -0.15) is 0 Å². The van der Waals surface area contributed by atoms with E-state index in [1.165, 1.54) is 0 Å². The molecule has 2 atom stereocenters. The number of para-hydroxylation sites is 2. The number of amides is 2. The highest BCUT2D eigenvalue weighted by molar-refractivity contribution is 6.07. The Morgan fingerprint density at radius 1 is 0.676 bits per heavy atom. The Morgan fingerprint density at radius 3 is 1.35 bits per heavy atom. The Balaban J connectivity index is 1.71. The summed E-state index contributed by atoms with van der Waals surface area (Å²) in [6.45, 7) is 8.07. The molecule has 3 aromatic carbocycles. The van der Waals surface area contributed by atoms with Crippen molar-refractivity contribution in [2.75, 3.05) is 10.6 Å². The molecule has 3 aromatic rings. The molecule has 0 saturated heterocycles. The average Bonchev–Trinajstić information content (AvgIpc) is 2.84. The smallest absolute Gasteiger partial charge is 0.259 e. The number of phenols is 2. The summed E-state index contributed by atoms with van der Waals surface area (Å²) in [5.41, 5.74) is 2.97. The molecule has 3 rings (SSSR count). The van der Waals surface area contributed by atoms with Crippen LogP contribution in [-0.4, -0.2) is 22.0 Å². The summed E-state index contributed by atoms with van der Waals surface area (Å²) in [7, 11) is 0. The molecular weight excluding hydrogens is 428 g/mol. The minimum Gasteiger partial charge on any atom is -0.507 e. The maximum atomic E-state index is 12.7. The van der Waals surface area contributed by atoms with E-state index in [0.29, 0.717) is 11.4 Å². The van der Waals surface area contributed by atoms with Crippen molar-refractivity contribution in [3.8, 4) is 11.5 Å². The van der Waals surface area contributed by atoms with Gasteiger partial charge in [-0.05, 0) is 72.2 Å². The Hall–Kier alpha value is -3.80. The van der Waals surface area contributed by atoms with Crippen LogP contribution in [0.1, 0.15) is 84.2 Å². The van der Waals surface area contributed by atoms with Crippen LogP contribution in [0.3, 0.4) is 0 Å². The molecule has 0 spiro atoms. The second-order valence-electron chi connectivity index (χ2n) is 8.59. The third-order valence-corrected chi connectivity index (χ3v) is 6.31. The van der Waals surface area contributed by atoms with E-state index in [0.717, 1.165) is 24.0 Å². The maximum Gasteiger partial charge on any atom is 0.259 e. The van der Waals surface area contributed by atoms with Gasteiger partial charge in [0.15, 0.2) is 0 Å². The monoisotopic (exact) mass is 460 g/mol. The number of phenolic OH excluding ortho intramolecular Hbond substituents is 2. The molecule has 2 unspecified atom stereocenters. The van der Waals surface area contributed by atoms with E-state index in [2.05, 4.69) is 10.6 Å². The second-order valence-corrected chi connectivity index (χ2v) is 8.59. The number of rotatable bonds is 8. The Kier molecular flexibility index (Phi) is 7.95. The number of anilines is 2. The summed E-state index contributed by atoms with van der Waals surface area (Å²) in [4.78, 5) is 25.5. The summed E-state index contributed by atoms with van der Waals surface area (Å²) < 4.78 is 0. The van der Waals surface area contributed by atoms with Crippen LogP contribution in [0.5, 0.6) is 11.5 Å². The molecule has 4 N–H and O–H groups in total. The van der Waals surface area contributed by atoms with Gasteiger partial charge in [-0.25, -0.2) is 0 Å². The van der Waals surface area contributed by atoms with E-state index in [-0.39, 0.29) is 34.5 Å². The minimum atomic E-state index is -0.411. The van der Waals surface area contributed by atoms with Crippen LogP contribution in [0.2, 0.25) is 0 Å². The first-order chi connectivity index (χ1) is 16.3. The van der Waals surface area contributed by atoms with E-state index in [9.17, 15) is 19.8 Å². The molecule has 178 valence electrons. The van der Waals surface area contributed by atoms with E-state index in [4.69, 9.17) is 0 Å². The van der Waals surface area contributed by atoms with Crippen LogP contribution >= 0.6 is 0 Å². The lowest BCUT2D eigenvalue weighted by Gasteiger charge is -2.15. The molecular formula is C28H32N2O4. The Morgan fingerprint density at radius 2 is 1.03 bits per heavy atom. The van der Waals surface area contributed by atoms with Crippen LogP contribution in [0.4, 0.5) is 11.4 Å². The van der Waals surface area contributed by atoms with Crippen LogP contribution in [0, 0.1) is 0 Å². The van der Waals surface area contributed by atoms with Crippen molar-refractivity contribution < 1.29 is 19.8 Å². The molecule has 0 heterocycles. The highest BCUT2D eigenvalue weighted by Gasteiger charge is 2.19. The number of carbonyl (C=O) groups excluding carboxylic acids is 2. The Labute approximate surface area is 200 Å². The third kappa shape index (κ3) is 5.39. The highest BCUT2D eigenvalue weighted by atomic mass is 16.3. The van der Waals surface area contributed by atoms with E-state index < -0.39 is 11.8 Å². The normalized spacial score (nSPS) is 12.6. The first kappa shape index (κ1) is 24.8. The van der Waals surface area contributed by atoms with Crippen molar-refractivity contribution in [1.29, 1.82) is 0 Å². The summed E-state index contributed by atoms with van der Waals surface area (Å²) in [5.74, 6) is -0.547. The third-order valence-electron chi connectivity index (χ3n) is 6.31. The van der Waals surface area contributed by atoms with Gasteiger partial charge in [0.05, 0.1) is 11.1 Å². The van der Waals surface area contributed by atoms with Gasteiger partial charge in [0, 0.05) is 11.4 Å². The van der Waals surface area contributed by atoms with Crippen molar-refractivity contribution in [1.82, 2.24) is 0 Å². The largest absolute Gasteiger partial charge is 0.507 e. The number of hydrogen-bond acceptors (Lipinski definition) is 4. The molecule has 0 aliphatic rings. The first-order valence-corrected chi connectivity index (χ1v) is 11.6. The average molecular weight is 461 g/mol. The summed E-state index contributed by atoms with van der Waals surface area (Å²) in [5, 5.41) is 26.7. The molecule has 6 nitrogen and oxygen atoms in total. The minimum absolute atomic E-state index is 0.00216. The van der Waals surface area contributed by atoms with Gasteiger partial charge in [0.25, 0.3) is 11.8 Å². The van der Waals surface area contributed by atoms with Gasteiger partial charge in [-0.15, -0.1) is 0 Å². The SMILES string of the molecule is CCC(C)c1cccc(C(=O)Nc2ccc(NC(=O)c3cccc(C(C)CC)c3O)cc2)c1O. The van der Waals surface area contributed by atoms with Crippen molar-refractivity contribution in [3.63, 3.8) is 0 Å². The molecule has 2 amide bonds. The van der Waals surface area contributed by atoms with Gasteiger partial charge < -0.3 is 20.8 Å². The van der Waals surface area contributed by atoms with Gasteiger partial charge in [0.1, 0.15) is 11.5 Å². The highest BCUT2D eigenvalue weighted by Crippen LogP contribution is 2.32. The predicted octanol–water partition coefficient (Wildman–Crippen LogP) is 6.63. The van der Waals surface area contributed by atoms with Crippen LogP contribution < -0.4 is 10.6 Å². The first-order valence-electron chi connectivity index (χ1n) is 11.6. The second kappa shape index (κ2) is 10.9. The van der Waals surface area contributed by atoms with Crippen LogP contribution in [0.15, 0.2) is 60.7 Å². The van der Waals surface area contributed by atoms with Gasteiger partial charge in [-0.1, -0.05) is 52.0 Å². The molecule has 0 radical (unpaired) electrons. The topological polar surface area (TPSA) is 98.7 Å². The fraction of sp³-hybridized carbons (Fsp3) is 0.286. The standard InChI is InChI=1S/C28H32N2O4/c1-5-17(3)21-9-7-11-23(25(21)31)27(33)29-19-13-15-20(16-14-19)30-28(34)24-12-8-10-22(26(24)32)18(4)6-2/h7-18,31-32H,5-6H2,1-4H3,(H,29,33)(H,30,34). The molecule has 0 aliphatic carbocycles. The summed E-state index contributed by atoms with van der Waals surface area (Å²) in [6.07, 6.45) is 1.71. The zero-order valence-corrected chi connectivity index (χ0v) is 20.1. The van der Waals surface area contributed by atoms with E-state index in [1.54, 1.807) is 48.5 Å². The lowest BCUT2D eigenvalue weighted by molar-refractivity contribution is 0.101. The Bertz CT molecular complexity index is 1080. The van der Waals surface area contributed by atoms with Gasteiger partial charge in [0.2, 0.25) is 0 Å². The molecule has 0 fully saturated rings. The van der Waals surface area contributed by atoms with Crippen LogP contribution in [-0.2, 0) is 0 Å². The number of benzene rings is 3. The van der Waals surface area contributed by atoms with E-state index in [1.807, 2.05) is 39.8 Å². The number of carbonyl (C=O) groups is 2. The van der Waals surface area contributed by atoms with Crippen molar-refractivity contribution in [3.05, 3.63) is 82.9 Å². The molecule has 0 saturated carbocycles. The lowest BCUT2D eigenvalue weighted by Crippen LogP contribution is -2.14. The number of nitrogens with one attached hydrogen (secondary N) is 2. The summed E-state index contributed by atoms with van der Waals surface area (Å²) >= 11 is 0. The lowest BCUT2D eigenvalue weighted by atomic mass is 9.95. The number of aromatic hydroxyl groups is 2. The maximum absolute atomic E-state index is 12.7. The van der Waals surface area contributed by atoms with Crippen molar-refractivity contribution in [2.24, 2.45) is 0 Å². The van der Waals surface area contributed by atoms with Gasteiger partial charge >= 0.3 is 0 Å². The molecule has 0 bridgehead atoms. The van der Waals surface area contributed by atoms with Crippen molar-refractivity contribution in [2.45, 2.75) is 52.4 Å². The fourth-order valence-electron chi connectivity index (χ4n) is 3.76. The quantitative estimate of drug-likeness (QED) is 0.303. The van der Waals surface area contributed by atoms with Crippen LogP contribution in [0.25, 0.3) is 0 Å². The molecule has 34 heavy (non-hydrogen) atoms. The number of hydrogen-bond donors (Lipinski definition) is 4. The summed E-state index contributed by atoms with van der Waals surface area (Å²) in [6, 6.07) is 17.0. The van der Waals surface area contributed by atoms with E-state index >= 15 is 0 Å². The van der Waals surface area contributed by atoms with Crippen molar-refractivity contribution >= 4 is 23.2 Å². The zero-order chi connectivity index (χ0) is 24.8. The molecule has 0 aromatic heterocycles. The molecule has 6 heteroatoms. The zero-order valence-electron chi connectivity index (χ0n) is 20.1.